The van der Waals surface area contributed by atoms with E-state index < -0.39 is 9.84 Å². The molecule has 104 valence electrons. The third-order valence-corrected chi connectivity index (χ3v) is 4.47. The van der Waals surface area contributed by atoms with Gasteiger partial charge in [0.15, 0.2) is 0 Å². The zero-order chi connectivity index (χ0) is 14.8. The molecule has 0 aliphatic rings. The van der Waals surface area contributed by atoms with E-state index in [4.69, 9.17) is 11.6 Å². The van der Waals surface area contributed by atoms with Gasteiger partial charge in [0.1, 0.15) is 5.76 Å². The fourth-order valence-electron chi connectivity index (χ4n) is 1.63. The van der Waals surface area contributed by atoms with Crippen molar-refractivity contribution in [2.24, 2.45) is 0 Å². The Morgan fingerprint density at radius 1 is 1.05 bits per heavy atom. The molecule has 0 unspecified atom stereocenters. The van der Waals surface area contributed by atoms with E-state index >= 15 is 0 Å². The Balaban J connectivity index is 2.37. The van der Waals surface area contributed by atoms with Crippen LogP contribution in [0.5, 0.6) is 0 Å². The van der Waals surface area contributed by atoms with Gasteiger partial charge in [0.2, 0.25) is 9.84 Å². The van der Waals surface area contributed by atoms with Crippen molar-refractivity contribution in [2.75, 3.05) is 0 Å². The van der Waals surface area contributed by atoms with Crippen LogP contribution in [0.25, 0.3) is 5.76 Å². The molecule has 0 amide bonds. The standard InChI is InChI=1S/C15H13ClO3S/c1-11-2-8-14(9-3-11)20(18,19)10-15(17)12-4-6-13(16)7-5-12/h2-10,17H,1H3. The summed E-state index contributed by atoms with van der Waals surface area (Å²) in [5.41, 5.74) is 1.36. The van der Waals surface area contributed by atoms with Gasteiger partial charge in [-0.05, 0) is 43.3 Å². The highest BCUT2D eigenvalue weighted by molar-refractivity contribution is 7.94. The molecule has 2 aromatic rings. The van der Waals surface area contributed by atoms with Crippen LogP contribution in [0, 0.1) is 6.92 Å². The molecular weight excluding hydrogens is 296 g/mol. The molecule has 0 atom stereocenters. The molecule has 5 heteroatoms. The number of aryl methyl sites for hydroxylation is 1. The summed E-state index contributed by atoms with van der Waals surface area (Å²) in [4.78, 5) is 0.142. The summed E-state index contributed by atoms with van der Waals surface area (Å²) in [5, 5.41) is 11.3. The van der Waals surface area contributed by atoms with E-state index in [1.165, 1.54) is 12.1 Å². The van der Waals surface area contributed by atoms with E-state index in [1.54, 1.807) is 36.4 Å². The number of benzene rings is 2. The predicted molar refractivity (Wildman–Crippen MR) is 80.4 cm³/mol. The largest absolute Gasteiger partial charge is 0.507 e. The van der Waals surface area contributed by atoms with Gasteiger partial charge in [-0.25, -0.2) is 8.42 Å². The molecule has 1 N–H and O–H groups in total. The smallest absolute Gasteiger partial charge is 0.203 e. The van der Waals surface area contributed by atoms with Crippen LogP contribution in [0.4, 0.5) is 0 Å². The molecule has 3 nitrogen and oxygen atoms in total. The highest BCUT2D eigenvalue weighted by atomic mass is 35.5. The molecule has 0 aliphatic carbocycles. The summed E-state index contributed by atoms with van der Waals surface area (Å²) >= 11 is 5.74. The van der Waals surface area contributed by atoms with Crippen LogP contribution in [-0.2, 0) is 9.84 Å². The van der Waals surface area contributed by atoms with Crippen LogP contribution in [0.3, 0.4) is 0 Å². The van der Waals surface area contributed by atoms with Gasteiger partial charge in [0.05, 0.1) is 10.3 Å². The first-order chi connectivity index (χ1) is 9.38. The number of sulfone groups is 1. The van der Waals surface area contributed by atoms with Crippen LogP contribution in [0.2, 0.25) is 5.02 Å². The summed E-state index contributed by atoms with van der Waals surface area (Å²) < 4.78 is 24.3. The maximum Gasteiger partial charge on any atom is 0.203 e. The second-order valence-corrected chi connectivity index (χ2v) is 6.60. The average molecular weight is 309 g/mol. The van der Waals surface area contributed by atoms with Crippen molar-refractivity contribution in [3.05, 3.63) is 70.1 Å². The maximum atomic E-state index is 12.1. The van der Waals surface area contributed by atoms with E-state index in [1.807, 2.05) is 6.92 Å². The lowest BCUT2D eigenvalue weighted by atomic mass is 10.2. The van der Waals surface area contributed by atoms with Crippen molar-refractivity contribution in [3.63, 3.8) is 0 Å². The minimum absolute atomic E-state index is 0.142. The first kappa shape index (κ1) is 14.6. The highest BCUT2D eigenvalue weighted by Gasteiger charge is 2.13. The van der Waals surface area contributed by atoms with Crippen LogP contribution >= 0.6 is 11.6 Å². The topological polar surface area (TPSA) is 54.4 Å². The van der Waals surface area contributed by atoms with Crippen LogP contribution in [0.1, 0.15) is 11.1 Å². The third kappa shape index (κ3) is 3.40. The molecule has 2 aromatic carbocycles. The number of aliphatic hydroxyl groups excluding tert-OH is 1. The zero-order valence-corrected chi connectivity index (χ0v) is 12.3. The molecular formula is C15H13ClO3S. The van der Waals surface area contributed by atoms with Gasteiger partial charge in [-0.1, -0.05) is 29.3 Å². The fourth-order valence-corrected chi connectivity index (χ4v) is 2.84. The first-order valence-electron chi connectivity index (χ1n) is 5.87. The van der Waals surface area contributed by atoms with Gasteiger partial charge in [-0.3, -0.25) is 0 Å². The number of hydrogen-bond donors (Lipinski definition) is 1. The van der Waals surface area contributed by atoms with Gasteiger partial charge < -0.3 is 5.11 Å². The first-order valence-corrected chi connectivity index (χ1v) is 7.79. The Morgan fingerprint density at radius 2 is 1.60 bits per heavy atom. The molecule has 0 saturated carbocycles. The summed E-state index contributed by atoms with van der Waals surface area (Å²) in [6, 6.07) is 12.7. The SMILES string of the molecule is Cc1ccc(S(=O)(=O)C=C(O)c2ccc(Cl)cc2)cc1. The van der Waals surface area contributed by atoms with E-state index in [2.05, 4.69) is 0 Å². The lowest BCUT2D eigenvalue weighted by molar-refractivity contribution is 0.512. The summed E-state index contributed by atoms with van der Waals surface area (Å²) in [6.45, 7) is 1.87. The molecule has 0 bridgehead atoms. The molecule has 0 aromatic heterocycles. The Morgan fingerprint density at radius 3 is 2.15 bits per heavy atom. The lowest BCUT2D eigenvalue weighted by Gasteiger charge is -2.03. The molecule has 0 spiro atoms. The highest BCUT2D eigenvalue weighted by Crippen LogP contribution is 2.20. The van der Waals surface area contributed by atoms with E-state index in [-0.39, 0.29) is 10.7 Å². The molecule has 0 radical (unpaired) electrons. The van der Waals surface area contributed by atoms with E-state index in [0.29, 0.717) is 10.6 Å². The second-order valence-electron chi connectivity index (χ2n) is 4.37. The summed E-state index contributed by atoms with van der Waals surface area (Å²) in [7, 11) is -3.68. The van der Waals surface area contributed by atoms with Crippen molar-refractivity contribution < 1.29 is 13.5 Å². The number of aliphatic hydroxyl groups is 1. The van der Waals surface area contributed by atoms with Crippen molar-refractivity contribution in [2.45, 2.75) is 11.8 Å². The van der Waals surface area contributed by atoms with Crippen molar-refractivity contribution in [1.29, 1.82) is 0 Å². The molecule has 0 heterocycles. The van der Waals surface area contributed by atoms with Gasteiger partial charge in [-0.15, -0.1) is 0 Å². The third-order valence-electron chi connectivity index (χ3n) is 2.76. The normalized spacial score (nSPS) is 12.4. The average Bonchev–Trinajstić information content (AvgIpc) is 2.39. The van der Waals surface area contributed by atoms with E-state index in [0.717, 1.165) is 11.0 Å². The Labute approximate surface area is 123 Å². The number of hydrogen-bond acceptors (Lipinski definition) is 3. The monoisotopic (exact) mass is 308 g/mol. The number of halogens is 1. The molecule has 20 heavy (non-hydrogen) atoms. The molecule has 0 fully saturated rings. The van der Waals surface area contributed by atoms with Crippen LogP contribution in [0.15, 0.2) is 58.8 Å². The minimum Gasteiger partial charge on any atom is -0.507 e. The van der Waals surface area contributed by atoms with Gasteiger partial charge in [0.25, 0.3) is 0 Å². The number of rotatable bonds is 3. The molecule has 0 aliphatic heterocycles. The van der Waals surface area contributed by atoms with Gasteiger partial charge in [0, 0.05) is 10.6 Å². The molecule has 0 saturated heterocycles. The summed E-state index contributed by atoms with van der Waals surface area (Å²) in [6.07, 6.45) is 0. The van der Waals surface area contributed by atoms with E-state index in [9.17, 15) is 13.5 Å². The van der Waals surface area contributed by atoms with Gasteiger partial charge in [-0.2, -0.15) is 0 Å². The van der Waals surface area contributed by atoms with Crippen molar-refractivity contribution >= 4 is 27.2 Å². The minimum atomic E-state index is -3.68. The quantitative estimate of drug-likeness (QED) is 0.873. The molecule has 2 rings (SSSR count). The Kier molecular flexibility index (Phi) is 4.16. The second kappa shape index (κ2) is 5.69. The predicted octanol–water partition coefficient (Wildman–Crippen LogP) is 3.98. The lowest BCUT2D eigenvalue weighted by Crippen LogP contribution is -1.98. The Hall–Kier alpha value is -1.78. The zero-order valence-electron chi connectivity index (χ0n) is 10.7. The van der Waals surface area contributed by atoms with Crippen LogP contribution < -0.4 is 0 Å². The van der Waals surface area contributed by atoms with Crippen molar-refractivity contribution in [3.8, 4) is 0 Å². The van der Waals surface area contributed by atoms with Gasteiger partial charge >= 0.3 is 0 Å². The van der Waals surface area contributed by atoms with Crippen LogP contribution in [-0.4, -0.2) is 13.5 Å². The van der Waals surface area contributed by atoms with Crippen molar-refractivity contribution in [1.82, 2.24) is 0 Å². The Bertz CT molecular complexity index is 730. The summed E-state index contributed by atoms with van der Waals surface area (Å²) in [5.74, 6) is -0.317. The fraction of sp³-hybridized carbons (Fsp3) is 0.0667. The maximum absolute atomic E-state index is 12.1.